The minimum atomic E-state index is -0.927. The van der Waals surface area contributed by atoms with Gasteiger partial charge in [0, 0.05) is 12.1 Å². The van der Waals surface area contributed by atoms with Crippen LogP contribution in [0.3, 0.4) is 0 Å². The van der Waals surface area contributed by atoms with Crippen LogP contribution in [0.2, 0.25) is 0 Å². The molecular weight excluding hydrogens is 367 g/mol. The van der Waals surface area contributed by atoms with Crippen LogP contribution in [0.25, 0.3) is 11.4 Å². The van der Waals surface area contributed by atoms with Crippen LogP contribution in [0.1, 0.15) is 17.2 Å². The largest absolute Gasteiger partial charge is 0.387 e. The van der Waals surface area contributed by atoms with E-state index in [0.29, 0.717) is 16.2 Å². The van der Waals surface area contributed by atoms with Crippen LogP contribution in [0.4, 0.5) is 4.39 Å². The van der Waals surface area contributed by atoms with Crippen molar-refractivity contribution in [3.8, 4) is 11.4 Å². The first-order valence-electron chi connectivity index (χ1n) is 8.36. The Bertz CT molecular complexity index is 980. The summed E-state index contributed by atoms with van der Waals surface area (Å²) >= 11 is 5.22. The fourth-order valence-corrected chi connectivity index (χ4v) is 2.80. The molecule has 0 aliphatic rings. The van der Waals surface area contributed by atoms with E-state index in [9.17, 15) is 14.3 Å². The van der Waals surface area contributed by atoms with E-state index in [2.05, 4.69) is 15.5 Å². The molecule has 0 saturated carbocycles. The molecular formula is C19H19FN4O2S. The number of hydrogen-bond acceptors (Lipinski definition) is 4. The molecule has 6 nitrogen and oxygen atoms in total. The van der Waals surface area contributed by atoms with Crippen molar-refractivity contribution in [1.29, 1.82) is 0 Å². The normalized spacial score (nSPS) is 12.0. The van der Waals surface area contributed by atoms with E-state index in [4.69, 9.17) is 12.2 Å². The molecule has 0 saturated heterocycles. The molecule has 3 rings (SSSR count). The first kappa shape index (κ1) is 18.9. The topological polar surface area (TPSA) is 82.9 Å². The quantitative estimate of drug-likeness (QED) is 0.569. The molecule has 2 aromatic carbocycles. The molecule has 1 atom stereocenters. The Morgan fingerprint density at radius 2 is 1.93 bits per heavy atom. The van der Waals surface area contributed by atoms with E-state index in [1.165, 1.54) is 24.3 Å². The van der Waals surface area contributed by atoms with Gasteiger partial charge in [0.1, 0.15) is 12.4 Å². The lowest BCUT2D eigenvalue weighted by Crippen LogP contribution is -2.31. The number of nitrogens with zero attached hydrogens (tertiary/aromatic N) is 2. The van der Waals surface area contributed by atoms with Crippen molar-refractivity contribution in [2.24, 2.45) is 0 Å². The van der Waals surface area contributed by atoms with Gasteiger partial charge in [0.25, 0.3) is 0 Å². The second-order valence-corrected chi connectivity index (χ2v) is 6.56. The number of aliphatic hydroxyl groups is 1. The number of hydrogen-bond donors (Lipinski definition) is 3. The van der Waals surface area contributed by atoms with Crippen LogP contribution >= 0.6 is 12.2 Å². The number of rotatable bonds is 6. The van der Waals surface area contributed by atoms with Gasteiger partial charge in [-0.05, 0) is 36.8 Å². The fourth-order valence-electron chi connectivity index (χ4n) is 2.60. The zero-order valence-electron chi connectivity index (χ0n) is 14.6. The molecule has 3 aromatic rings. The number of aryl methyl sites for hydroxylation is 1. The second kappa shape index (κ2) is 8.24. The maximum Gasteiger partial charge on any atom is 0.240 e. The fraction of sp³-hybridized carbons (Fsp3) is 0.211. The molecule has 0 aliphatic carbocycles. The van der Waals surface area contributed by atoms with Gasteiger partial charge in [0.2, 0.25) is 5.91 Å². The Morgan fingerprint density at radius 1 is 1.26 bits per heavy atom. The number of halogens is 1. The van der Waals surface area contributed by atoms with E-state index in [1.807, 2.05) is 31.2 Å². The Balaban J connectivity index is 1.66. The van der Waals surface area contributed by atoms with Gasteiger partial charge in [0.15, 0.2) is 10.6 Å². The number of aromatic amines is 1. The van der Waals surface area contributed by atoms with Gasteiger partial charge < -0.3 is 10.4 Å². The number of aromatic nitrogens is 3. The standard InChI is InChI=1S/C19H19FN4O2S/c1-12-2-4-14(5-3-12)18-22-23-19(27)24(18)11-17(26)21-10-16(25)13-6-8-15(20)9-7-13/h2-9,16,25H,10-11H2,1H3,(H,21,26)(H,23,27). The third kappa shape index (κ3) is 4.66. The van der Waals surface area contributed by atoms with Crippen LogP contribution in [0, 0.1) is 17.5 Å². The highest BCUT2D eigenvalue weighted by molar-refractivity contribution is 7.71. The SMILES string of the molecule is Cc1ccc(-c2n[nH]c(=S)n2CC(=O)NCC(O)c2ccc(F)cc2)cc1. The summed E-state index contributed by atoms with van der Waals surface area (Å²) in [5.74, 6) is -0.135. The number of carbonyl (C=O) groups is 1. The Morgan fingerprint density at radius 3 is 2.59 bits per heavy atom. The van der Waals surface area contributed by atoms with Crippen LogP contribution in [0.15, 0.2) is 48.5 Å². The maximum atomic E-state index is 12.9. The van der Waals surface area contributed by atoms with Crippen LogP contribution in [-0.4, -0.2) is 32.3 Å². The molecule has 1 unspecified atom stereocenters. The van der Waals surface area contributed by atoms with Crippen LogP contribution < -0.4 is 5.32 Å². The van der Waals surface area contributed by atoms with Crippen molar-refractivity contribution in [2.75, 3.05) is 6.54 Å². The lowest BCUT2D eigenvalue weighted by molar-refractivity contribution is -0.122. The van der Waals surface area contributed by atoms with Crippen molar-refractivity contribution < 1.29 is 14.3 Å². The average Bonchev–Trinajstić information content (AvgIpc) is 3.01. The number of carbonyl (C=O) groups excluding carboxylic acids is 1. The molecule has 3 N–H and O–H groups in total. The summed E-state index contributed by atoms with van der Waals surface area (Å²) in [7, 11) is 0. The first-order valence-corrected chi connectivity index (χ1v) is 8.77. The summed E-state index contributed by atoms with van der Waals surface area (Å²) in [5.41, 5.74) is 2.48. The molecule has 0 radical (unpaired) electrons. The van der Waals surface area contributed by atoms with Gasteiger partial charge in [-0.15, -0.1) is 0 Å². The van der Waals surface area contributed by atoms with Gasteiger partial charge in [-0.1, -0.05) is 42.0 Å². The number of benzene rings is 2. The molecule has 0 bridgehead atoms. The molecule has 27 heavy (non-hydrogen) atoms. The van der Waals surface area contributed by atoms with E-state index in [0.717, 1.165) is 11.1 Å². The third-order valence-corrected chi connectivity index (χ3v) is 4.43. The lowest BCUT2D eigenvalue weighted by atomic mass is 10.1. The highest BCUT2D eigenvalue weighted by Crippen LogP contribution is 2.18. The molecule has 0 spiro atoms. The summed E-state index contributed by atoms with van der Waals surface area (Å²) < 4.78 is 14.9. The molecule has 1 amide bonds. The Labute approximate surface area is 160 Å². The number of amides is 1. The van der Waals surface area contributed by atoms with Crippen molar-refractivity contribution >= 4 is 18.1 Å². The summed E-state index contributed by atoms with van der Waals surface area (Å²) in [6.45, 7) is 1.96. The zero-order valence-corrected chi connectivity index (χ0v) is 15.5. The van der Waals surface area contributed by atoms with Gasteiger partial charge in [0.05, 0.1) is 6.10 Å². The summed E-state index contributed by atoms with van der Waals surface area (Å²) in [5, 5.41) is 19.7. The van der Waals surface area contributed by atoms with Crippen LogP contribution in [0.5, 0.6) is 0 Å². The van der Waals surface area contributed by atoms with Crippen molar-refractivity contribution in [2.45, 2.75) is 19.6 Å². The van der Waals surface area contributed by atoms with Gasteiger partial charge >= 0.3 is 0 Å². The maximum absolute atomic E-state index is 12.9. The molecule has 0 fully saturated rings. The number of H-pyrrole nitrogens is 1. The number of nitrogens with one attached hydrogen (secondary N) is 2. The van der Waals surface area contributed by atoms with E-state index >= 15 is 0 Å². The van der Waals surface area contributed by atoms with Gasteiger partial charge in [-0.25, -0.2) is 4.39 Å². The Kier molecular flexibility index (Phi) is 5.78. The summed E-state index contributed by atoms with van der Waals surface area (Å²) in [4.78, 5) is 12.3. The van der Waals surface area contributed by atoms with E-state index in [1.54, 1.807) is 4.57 Å². The molecule has 8 heteroatoms. The van der Waals surface area contributed by atoms with Crippen LogP contribution in [-0.2, 0) is 11.3 Å². The first-order chi connectivity index (χ1) is 12.9. The molecule has 140 valence electrons. The molecule has 1 heterocycles. The predicted molar refractivity (Wildman–Crippen MR) is 102 cm³/mol. The monoisotopic (exact) mass is 386 g/mol. The lowest BCUT2D eigenvalue weighted by Gasteiger charge is -2.13. The molecule has 0 aliphatic heterocycles. The van der Waals surface area contributed by atoms with Crippen molar-refractivity contribution in [3.63, 3.8) is 0 Å². The highest BCUT2D eigenvalue weighted by atomic mass is 32.1. The van der Waals surface area contributed by atoms with E-state index in [-0.39, 0.29) is 24.8 Å². The highest BCUT2D eigenvalue weighted by Gasteiger charge is 2.14. The average molecular weight is 386 g/mol. The minimum absolute atomic E-state index is 0.00943. The second-order valence-electron chi connectivity index (χ2n) is 6.18. The third-order valence-electron chi connectivity index (χ3n) is 4.12. The van der Waals surface area contributed by atoms with Gasteiger partial charge in [-0.3, -0.25) is 14.5 Å². The Hall–Kier alpha value is -2.84. The summed E-state index contributed by atoms with van der Waals surface area (Å²) in [6.07, 6.45) is -0.927. The summed E-state index contributed by atoms with van der Waals surface area (Å²) in [6, 6.07) is 13.2. The van der Waals surface area contributed by atoms with Gasteiger partial charge in [-0.2, -0.15) is 5.10 Å². The predicted octanol–water partition coefficient (Wildman–Crippen LogP) is 2.91. The molecule has 1 aromatic heterocycles. The number of aliphatic hydroxyl groups excluding tert-OH is 1. The van der Waals surface area contributed by atoms with Crippen molar-refractivity contribution in [1.82, 2.24) is 20.1 Å². The smallest absolute Gasteiger partial charge is 0.240 e. The van der Waals surface area contributed by atoms with Crippen molar-refractivity contribution in [3.05, 3.63) is 70.2 Å². The zero-order chi connectivity index (χ0) is 19.4. The van der Waals surface area contributed by atoms with E-state index < -0.39 is 6.10 Å². The minimum Gasteiger partial charge on any atom is -0.387 e.